The summed E-state index contributed by atoms with van der Waals surface area (Å²) in [7, 11) is 1.63. The van der Waals surface area contributed by atoms with E-state index in [1.165, 1.54) is 6.07 Å². The van der Waals surface area contributed by atoms with Crippen LogP contribution in [-0.2, 0) is 6.18 Å². The Labute approximate surface area is 87.3 Å². The van der Waals surface area contributed by atoms with Crippen molar-refractivity contribution in [3.05, 3.63) is 29.3 Å². The normalized spacial score (nSPS) is 11.9. The number of hydrogen-bond acceptors (Lipinski definition) is 1. The summed E-state index contributed by atoms with van der Waals surface area (Å²) in [5.41, 5.74) is 0.821. The number of benzene rings is 1. The molecule has 0 aliphatic heterocycles. The van der Waals surface area contributed by atoms with E-state index in [-0.39, 0.29) is 5.92 Å². The second kappa shape index (κ2) is 4.13. The molecule has 0 unspecified atom stereocenters. The van der Waals surface area contributed by atoms with E-state index in [0.29, 0.717) is 5.69 Å². The van der Waals surface area contributed by atoms with Gasteiger partial charge in [0.1, 0.15) is 0 Å². The monoisotopic (exact) mass is 217 g/mol. The lowest BCUT2D eigenvalue weighted by molar-refractivity contribution is -0.137. The molecule has 0 aliphatic carbocycles. The summed E-state index contributed by atoms with van der Waals surface area (Å²) in [5, 5.41) is 2.79. The average molecular weight is 217 g/mol. The number of nitrogens with one attached hydrogen (secondary N) is 1. The molecule has 1 aromatic rings. The molecule has 1 N–H and O–H groups in total. The third kappa shape index (κ3) is 2.64. The van der Waals surface area contributed by atoms with Crippen molar-refractivity contribution < 1.29 is 13.2 Å². The maximum absolute atomic E-state index is 12.4. The Hall–Kier alpha value is -1.19. The summed E-state index contributed by atoms with van der Waals surface area (Å²) in [6.07, 6.45) is -4.28. The topological polar surface area (TPSA) is 12.0 Å². The summed E-state index contributed by atoms with van der Waals surface area (Å²) in [6.45, 7) is 3.90. The highest BCUT2D eigenvalue weighted by Gasteiger charge is 2.31. The van der Waals surface area contributed by atoms with Gasteiger partial charge >= 0.3 is 6.18 Å². The molecule has 0 spiro atoms. The molecule has 0 heterocycles. The second-order valence-corrected chi connectivity index (χ2v) is 3.70. The molecular formula is C11H14F3N. The van der Waals surface area contributed by atoms with E-state index in [2.05, 4.69) is 5.32 Å². The van der Waals surface area contributed by atoms with Gasteiger partial charge in [-0.25, -0.2) is 0 Å². The lowest BCUT2D eigenvalue weighted by atomic mass is 9.99. The van der Waals surface area contributed by atoms with Crippen molar-refractivity contribution in [3.63, 3.8) is 0 Å². The zero-order valence-corrected chi connectivity index (χ0v) is 8.94. The first-order valence-corrected chi connectivity index (χ1v) is 4.75. The van der Waals surface area contributed by atoms with Crippen LogP contribution in [0.3, 0.4) is 0 Å². The molecular weight excluding hydrogens is 203 g/mol. The van der Waals surface area contributed by atoms with Gasteiger partial charge in [-0.1, -0.05) is 19.9 Å². The number of rotatable bonds is 2. The van der Waals surface area contributed by atoms with E-state index >= 15 is 0 Å². The summed E-state index contributed by atoms with van der Waals surface area (Å²) in [6, 6.07) is 3.80. The van der Waals surface area contributed by atoms with Gasteiger partial charge in [0.2, 0.25) is 0 Å². The maximum atomic E-state index is 12.4. The fourth-order valence-corrected chi connectivity index (χ4v) is 1.45. The van der Waals surface area contributed by atoms with Gasteiger partial charge in [-0.05, 0) is 23.6 Å². The largest absolute Gasteiger partial charge is 0.416 e. The van der Waals surface area contributed by atoms with Crippen LogP contribution >= 0.6 is 0 Å². The molecule has 84 valence electrons. The summed E-state index contributed by atoms with van der Waals surface area (Å²) >= 11 is 0. The van der Waals surface area contributed by atoms with Crippen molar-refractivity contribution in [1.29, 1.82) is 0 Å². The fourth-order valence-electron chi connectivity index (χ4n) is 1.45. The standard InChI is InChI=1S/C11H14F3N/c1-7(2)9-5-4-8(11(12,13)14)6-10(9)15-3/h4-7,15H,1-3H3. The van der Waals surface area contributed by atoms with Gasteiger partial charge in [0.25, 0.3) is 0 Å². The molecule has 0 fully saturated rings. The first-order valence-electron chi connectivity index (χ1n) is 4.75. The van der Waals surface area contributed by atoms with Crippen LogP contribution in [0.5, 0.6) is 0 Å². The molecule has 0 atom stereocenters. The zero-order chi connectivity index (χ0) is 11.6. The van der Waals surface area contributed by atoms with Crippen molar-refractivity contribution in [3.8, 4) is 0 Å². The molecule has 0 aliphatic rings. The lowest BCUT2D eigenvalue weighted by Crippen LogP contribution is -2.07. The highest BCUT2D eigenvalue weighted by molar-refractivity contribution is 5.54. The Kier molecular flexibility index (Phi) is 3.27. The molecule has 15 heavy (non-hydrogen) atoms. The molecule has 0 bridgehead atoms. The minimum absolute atomic E-state index is 0.203. The van der Waals surface area contributed by atoms with Gasteiger partial charge in [-0.15, -0.1) is 0 Å². The molecule has 1 aromatic carbocycles. The third-order valence-corrected chi connectivity index (χ3v) is 2.27. The zero-order valence-electron chi connectivity index (χ0n) is 8.94. The molecule has 4 heteroatoms. The van der Waals surface area contributed by atoms with Crippen LogP contribution < -0.4 is 5.32 Å². The van der Waals surface area contributed by atoms with E-state index in [4.69, 9.17) is 0 Å². The Balaban J connectivity index is 3.19. The molecule has 0 saturated heterocycles. The number of halogens is 3. The minimum Gasteiger partial charge on any atom is -0.388 e. The van der Waals surface area contributed by atoms with Crippen molar-refractivity contribution >= 4 is 5.69 Å². The van der Waals surface area contributed by atoms with Crippen molar-refractivity contribution in [2.24, 2.45) is 0 Å². The van der Waals surface area contributed by atoms with Crippen molar-refractivity contribution in [2.45, 2.75) is 25.9 Å². The molecule has 0 amide bonds. The lowest BCUT2D eigenvalue weighted by Gasteiger charge is -2.15. The molecule has 1 nitrogen and oxygen atoms in total. The van der Waals surface area contributed by atoms with Crippen LogP contribution in [0, 0.1) is 0 Å². The number of hydrogen-bond donors (Lipinski definition) is 1. The van der Waals surface area contributed by atoms with Crippen LogP contribution in [0.1, 0.15) is 30.9 Å². The number of anilines is 1. The molecule has 0 aromatic heterocycles. The Morgan fingerprint density at radius 2 is 1.80 bits per heavy atom. The molecule has 1 rings (SSSR count). The first-order chi connectivity index (χ1) is 6.86. The minimum atomic E-state index is -4.28. The summed E-state index contributed by atoms with van der Waals surface area (Å²) in [4.78, 5) is 0. The SMILES string of the molecule is CNc1cc(C(F)(F)F)ccc1C(C)C. The first kappa shape index (κ1) is 11.9. The Morgan fingerprint density at radius 1 is 1.20 bits per heavy atom. The molecule has 0 saturated carbocycles. The van der Waals surface area contributed by atoms with Gasteiger partial charge in [-0.3, -0.25) is 0 Å². The van der Waals surface area contributed by atoms with Crippen LogP contribution in [0.2, 0.25) is 0 Å². The summed E-state index contributed by atoms with van der Waals surface area (Å²) < 4.78 is 37.2. The Bertz CT molecular complexity index is 342. The van der Waals surface area contributed by atoms with E-state index < -0.39 is 11.7 Å². The van der Waals surface area contributed by atoms with E-state index in [0.717, 1.165) is 17.7 Å². The highest BCUT2D eigenvalue weighted by atomic mass is 19.4. The number of alkyl halides is 3. The predicted octanol–water partition coefficient (Wildman–Crippen LogP) is 3.87. The highest BCUT2D eigenvalue weighted by Crippen LogP contribution is 2.34. The summed E-state index contributed by atoms with van der Waals surface area (Å²) in [5.74, 6) is 0.203. The maximum Gasteiger partial charge on any atom is 0.416 e. The van der Waals surface area contributed by atoms with Gasteiger partial charge in [0.15, 0.2) is 0 Å². The van der Waals surface area contributed by atoms with Crippen LogP contribution in [0.4, 0.5) is 18.9 Å². The van der Waals surface area contributed by atoms with Gasteiger partial charge < -0.3 is 5.32 Å². The van der Waals surface area contributed by atoms with Crippen molar-refractivity contribution in [2.75, 3.05) is 12.4 Å². The van der Waals surface area contributed by atoms with E-state index in [1.807, 2.05) is 13.8 Å². The second-order valence-electron chi connectivity index (χ2n) is 3.70. The molecule has 0 radical (unpaired) electrons. The predicted molar refractivity (Wildman–Crippen MR) is 55.1 cm³/mol. The van der Waals surface area contributed by atoms with Gasteiger partial charge in [0, 0.05) is 12.7 Å². The third-order valence-electron chi connectivity index (χ3n) is 2.27. The van der Waals surface area contributed by atoms with E-state index in [1.54, 1.807) is 7.05 Å². The van der Waals surface area contributed by atoms with Crippen molar-refractivity contribution in [1.82, 2.24) is 0 Å². The smallest absolute Gasteiger partial charge is 0.388 e. The van der Waals surface area contributed by atoms with Crippen LogP contribution in [0.15, 0.2) is 18.2 Å². The van der Waals surface area contributed by atoms with Crippen LogP contribution in [-0.4, -0.2) is 7.05 Å². The fraction of sp³-hybridized carbons (Fsp3) is 0.455. The Morgan fingerprint density at radius 3 is 2.20 bits per heavy atom. The van der Waals surface area contributed by atoms with E-state index in [9.17, 15) is 13.2 Å². The average Bonchev–Trinajstić information content (AvgIpc) is 2.15. The quantitative estimate of drug-likeness (QED) is 0.792. The van der Waals surface area contributed by atoms with Gasteiger partial charge in [-0.2, -0.15) is 13.2 Å². The van der Waals surface area contributed by atoms with Gasteiger partial charge in [0.05, 0.1) is 5.56 Å². The van der Waals surface area contributed by atoms with Crippen LogP contribution in [0.25, 0.3) is 0 Å².